The quantitative estimate of drug-likeness (QED) is 0.857. The minimum Gasteiger partial charge on any atom is -0.481 e. The van der Waals surface area contributed by atoms with Gasteiger partial charge in [0.15, 0.2) is 0 Å². The van der Waals surface area contributed by atoms with Gasteiger partial charge in [-0.25, -0.2) is 4.68 Å². The Labute approximate surface area is 135 Å². The van der Waals surface area contributed by atoms with E-state index in [4.69, 9.17) is 5.11 Å². The molecule has 1 atom stereocenters. The number of benzene rings is 1. The molecule has 0 radical (unpaired) electrons. The monoisotopic (exact) mass is 315 g/mol. The summed E-state index contributed by atoms with van der Waals surface area (Å²) in [5.41, 5.74) is 3.40. The van der Waals surface area contributed by atoms with Crippen LogP contribution in [0.15, 0.2) is 30.3 Å². The number of amides is 1. The zero-order valence-electron chi connectivity index (χ0n) is 13.5. The van der Waals surface area contributed by atoms with Crippen molar-refractivity contribution in [3.8, 4) is 5.69 Å². The van der Waals surface area contributed by atoms with Gasteiger partial charge in [0.1, 0.15) is 0 Å². The van der Waals surface area contributed by atoms with Crippen molar-refractivity contribution in [2.45, 2.75) is 39.7 Å². The molecule has 1 aromatic heterocycles. The van der Waals surface area contributed by atoms with Gasteiger partial charge in [-0.15, -0.1) is 0 Å². The van der Waals surface area contributed by atoms with E-state index in [1.807, 2.05) is 36.7 Å². The van der Waals surface area contributed by atoms with Crippen molar-refractivity contribution in [3.63, 3.8) is 0 Å². The number of carbonyl (C=O) groups excluding carboxylic acids is 1. The third-order valence-corrected chi connectivity index (χ3v) is 3.55. The summed E-state index contributed by atoms with van der Waals surface area (Å²) in [5, 5.41) is 15.9. The van der Waals surface area contributed by atoms with E-state index in [0.29, 0.717) is 12.0 Å². The number of aromatic nitrogens is 2. The average molecular weight is 315 g/mol. The van der Waals surface area contributed by atoms with Gasteiger partial charge >= 0.3 is 5.97 Å². The molecule has 2 rings (SSSR count). The van der Waals surface area contributed by atoms with Gasteiger partial charge in [0, 0.05) is 23.7 Å². The van der Waals surface area contributed by atoms with Gasteiger partial charge in [-0.3, -0.25) is 9.59 Å². The maximum absolute atomic E-state index is 12.1. The lowest BCUT2D eigenvalue weighted by Crippen LogP contribution is -2.32. The van der Waals surface area contributed by atoms with Crippen molar-refractivity contribution in [3.05, 3.63) is 47.3 Å². The van der Waals surface area contributed by atoms with Crippen LogP contribution in [0.25, 0.3) is 5.69 Å². The number of carbonyl (C=O) groups is 2. The first kappa shape index (κ1) is 16.7. The van der Waals surface area contributed by atoms with Gasteiger partial charge in [-0.2, -0.15) is 5.10 Å². The molecule has 1 amide bonds. The Balaban J connectivity index is 2.03. The minimum absolute atomic E-state index is 0.0400. The first-order chi connectivity index (χ1) is 10.9. The lowest BCUT2D eigenvalue weighted by molar-refractivity contribution is -0.137. The van der Waals surface area contributed by atoms with Gasteiger partial charge in [-0.05, 0) is 57.5 Å². The number of hydrogen-bond donors (Lipinski definition) is 2. The Hall–Kier alpha value is -2.63. The summed E-state index contributed by atoms with van der Waals surface area (Å²) in [6.07, 6.45) is 0.448. The number of nitrogens with one attached hydrogen (secondary N) is 1. The van der Waals surface area contributed by atoms with E-state index in [9.17, 15) is 9.59 Å². The predicted octanol–water partition coefficient (Wildman–Crippen LogP) is 2.47. The number of rotatable bonds is 6. The van der Waals surface area contributed by atoms with Crippen LogP contribution < -0.4 is 5.32 Å². The maximum Gasteiger partial charge on any atom is 0.303 e. The third kappa shape index (κ3) is 4.42. The zero-order valence-corrected chi connectivity index (χ0v) is 13.5. The number of hydrogen-bond acceptors (Lipinski definition) is 3. The second kappa shape index (κ2) is 7.09. The standard InChI is InChI=1S/C17H21N3O3/c1-11(4-9-16(21)22)18-17(23)14-5-7-15(8-6-14)20-13(3)10-12(2)19-20/h5-8,10-11H,4,9H2,1-3H3,(H,18,23)(H,21,22)/t11-/m0/s1. The molecule has 2 N–H and O–H groups in total. The summed E-state index contributed by atoms with van der Waals surface area (Å²) in [5.74, 6) is -1.07. The molecule has 0 unspecified atom stereocenters. The molecule has 1 aromatic carbocycles. The predicted molar refractivity (Wildman–Crippen MR) is 86.8 cm³/mol. The molecule has 0 bridgehead atoms. The highest BCUT2D eigenvalue weighted by Gasteiger charge is 2.12. The van der Waals surface area contributed by atoms with E-state index < -0.39 is 5.97 Å². The van der Waals surface area contributed by atoms with Gasteiger partial charge in [-0.1, -0.05) is 0 Å². The Kier molecular flexibility index (Phi) is 5.16. The van der Waals surface area contributed by atoms with Crippen LogP contribution in [0.3, 0.4) is 0 Å². The van der Waals surface area contributed by atoms with Gasteiger partial charge < -0.3 is 10.4 Å². The van der Waals surface area contributed by atoms with Gasteiger partial charge in [0.2, 0.25) is 0 Å². The number of aliphatic carboxylic acids is 1. The molecular formula is C17H21N3O3. The highest BCUT2D eigenvalue weighted by atomic mass is 16.4. The Morgan fingerprint density at radius 1 is 1.26 bits per heavy atom. The average Bonchev–Trinajstić information content (AvgIpc) is 2.84. The van der Waals surface area contributed by atoms with Crippen LogP contribution in [0.2, 0.25) is 0 Å². The number of nitrogens with zero attached hydrogens (tertiary/aromatic N) is 2. The Morgan fingerprint density at radius 2 is 1.91 bits per heavy atom. The van der Waals surface area contributed by atoms with E-state index in [0.717, 1.165) is 17.1 Å². The van der Waals surface area contributed by atoms with Crippen LogP contribution in [0, 0.1) is 13.8 Å². The van der Waals surface area contributed by atoms with Gasteiger partial charge in [0.25, 0.3) is 5.91 Å². The molecule has 2 aromatic rings. The fraction of sp³-hybridized carbons (Fsp3) is 0.353. The molecule has 122 valence electrons. The van der Waals surface area contributed by atoms with E-state index in [1.165, 1.54) is 0 Å². The van der Waals surface area contributed by atoms with E-state index in [-0.39, 0.29) is 18.4 Å². The van der Waals surface area contributed by atoms with Crippen LogP contribution in [0.1, 0.15) is 41.5 Å². The molecular weight excluding hydrogens is 294 g/mol. The SMILES string of the molecule is Cc1cc(C)n(-c2ccc(C(=O)N[C@@H](C)CCC(=O)O)cc2)n1. The molecule has 0 aliphatic carbocycles. The molecule has 23 heavy (non-hydrogen) atoms. The van der Waals surface area contributed by atoms with Crippen molar-refractivity contribution in [2.75, 3.05) is 0 Å². The van der Waals surface area contributed by atoms with Crippen LogP contribution in [0.4, 0.5) is 0 Å². The summed E-state index contributed by atoms with van der Waals surface area (Å²) < 4.78 is 1.83. The zero-order chi connectivity index (χ0) is 17.0. The van der Waals surface area contributed by atoms with Crippen molar-refractivity contribution >= 4 is 11.9 Å². The van der Waals surface area contributed by atoms with Crippen molar-refractivity contribution in [1.82, 2.24) is 15.1 Å². The summed E-state index contributed by atoms with van der Waals surface area (Å²) in [6, 6.07) is 8.97. The second-order valence-corrected chi connectivity index (χ2v) is 5.69. The van der Waals surface area contributed by atoms with E-state index >= 15 is 0 Å². The molecule has 0 spiro atoms. The molecule has 0 aliphatic rings. The van der Waals surface area contributed by atoms with E-state index in [1.54, 1.807) is 19.1 Å². The van der Waals surface area contributed by atoms with E-state index in [2.05, 4.69) is 10.4 Å². The van der Waals surface area contributed by atoms with Crippen molar-refractivity contribution in [1.29, 1.82) is 0 Å². The summed E-state index contributed by atoms with van der Waals surface area (Å²) in [7, 11) is 0. The molecule has 0 saturated heterocycles. The smallest absolute Gasteiger partial charge is 0.303 e. The number of aryl methyl sites for hydroxylation is 2. The first-order valence-electron chi connectivity index (χ1n) is 7.53. The van der Waals surface area contributed by atoms with Gasteiger partial charge in [0.05, 0.1) is 11.4 Å². The molecule has 6 heteroatoms. The lowest BCUT2D eigenvalue weighted by atomic mass is 10.1. The summed E-state index contributed by atoms with van der Waals surface area (Å²) in [6.45, 7) is 5.71. The van der Waals surface area contributed by atoms with Crippen molar-refractivity contribution < 1.29 is 14.7 Å². The number of carboxylic acids is 1. The van der Waals surface area contributed by atoms with Crippen molar-refractivity contribution in [2.24, 2.45) is 0 Å². The van der Waals surface area contributed by atoms with Crippen LogP contribution in [-0.4, -0.2) is 32.8 Å². The normalized spacial score (nSPS) is 12.0. The maximum atomic E-state index is 12.1. The highest BCUT2D eigenvalue weighted by molar-refractivity contribution is 5.94. The summed E-state index contributed by atoms with van der Waals surface area (Å²) >= 11 is 0. The highest BCUT2D eigenvalue weighted by Crippen LogP contribution is 2.13. The second-order valence-electron chi connectivity index (χ2n) is 5.69. The molecule has 6 nitrogen and oxygen atoms in total. The van der Waals surface area contributed by atoms with Crippen LogP contribution >= 0.6 is 0 Å². The Bertz CT molecular complexity index is 704. The lowest BCUT2D eigenvalue weighted by Gasteiger charge is -2.13. The fourth-order valence-electron chi connectivity index (χ4n) is 2.36. The molecule has 1 heterocycles. The molecule has 0 fully saturated rings. The molecule has 0 aliphatic heterocycles. The first-order valence-corrected chi connectivity index (χ1v) is 7.53. The fourth-order valence-corrected chi connectivity index (χ4v) is 2.36. The van der Waals surface area contributed by atoms with Crippen LogP contribution in [-0.2, 0) is 4.79 Å². The number of carboxylic acid groups (broad SMARTS) is 1. The Morgan fingerprint density at radius 3 is 2.43 bits per heavy atom. The third-order valence-electron chi connectivity index (χ3n) is 3.55. The topological polar surface area (TPSA) is 84.2 Å². The summed E-state index contributed by atoms with van der Waals surface area (Å²) in [4.78, 5) is 22.7. The van der Waals surface area contributed by atoms with Crippen LogP contribution in [0.5, 0.6) is 0 Å². The minimum atomic E-state index is -0.861. The largest absolute Gasteiger partial charge is 0.481 e. The molecule has 0 saturated carbocycles.